The Morgan fingerprint density at radius 3 is 2.56 bits per heavy atom. The van der Waals surface area contributed by atoms with Gasteiger partial charge >= 0.3 is 0 Å². The molecule has 1 aliphatic rings. The van der Waals surface area contributed by atoms with Crippen LogP contribution in [0.25, 0.3) is 21.8 Å². The molecule has 0 radical (unpaired) electrons. The molecule has 0 bridgehead atoms. The number of hydrogen-bond donors (Lipinski definition) is 1. The molecule has 0 atom stereocenters. The summed E-state index contributed by atoms with van der Waals surface area (Å²) in [7, 11) is 2.13. The number of benzene rings is 2. The van der Waals surface area contributed by atoms with Crippen molar-refractivity contribution >= 4 is 27.7 Å². The van der Waals surface area contributed by atoms with Gasteiger partial charge < -0.3 is 19.7 Å². The Labute approximate surface area is 208 Å². The van der Waals surface area contributed by atoms with Gasteiger partial charge in [0.05, 0.1) is 6.20 Å². The zero-order valence-electron chi connectivity index (χ0n) is 20.5. The number of aromatic nitrogens is 3. The van der Waals surface area contributed by atoms with Gasteiger partial charge in [-0.3, -0.25) is 9.59 Å². The largest absolute Gasteiger partial charge is 0.354 e. The zero-order valence-corrected chi connectivity index (χ0v) is 20.5. The molecule has 0 spiro atoms. The third-order valence-corrected chi connectivity index (χ3v) is 6.89. The third-order valence-electron chi connectivity index (χ3n) is 6.89. The fourth-order valence-corrected chi connectivity index (χ4v) is 4.84. The van der Waals surface area contributed by atoms with Gasteiger partial charge in [-0.25, -0.2) is 9.07 Å². The highest BCUT2D eigenvalue weighted by Gasteiger charge is 2.18. The highest BCUT2D eigenvalue weighted by atomic mass is 19.1. The van der Waals surface area contributed by atoms with Crippen molar-refractivity contribution in [2.24, 2.45) is 0 Å². The second-order valence-electron chi connectivity index (χ2n) is 9.45. The topological polar surface area (TPSA) is 75.4 Å². The summed E-state index contributed by atoms with van der Waals surface area (Å²) in [5, 5.41) is 8.88. The number of likely N-dealkylation sites (N-methyl/N-ethyl adjacent to an activating group) is 1. The molecule has 188 valence electrons. The monoisotopic (exact) mass is 490 g/mol. The predicted molar refractivity (Wildman–Crippen MR) is 139 cm³/mol. The zero-order chi connectivity index (χ0) is 25.1. The van der Waals surface area contributed by atoms with E-state index >= 15 is 0 Å². The number of amides is 1. The lowest BCUT2D eigenvalue weighted by molar-refractivity contribution is -0.121. The average Bonchev–Trinajstić information content (AvgIpc) is 3.20. The van der Waals surface area contributed by atoms with E-state index in [1.165, 1.54) is 16.8 Å². The quantitative estimate of drug-likeness (QED) is 0.384. The summed E-state index contributed by atoms with van der Waals surface area (Å²) in [5.74, 6) is -0.536. The number of para-hydroxylation sites is 1. The van der Waals surface area contributed by atoms with Gasteiger partial charge in [0.25, 0.3) is 5.56 Å². The first kappa shape index (κ1) is 24.1. The van der Waals surface area contributed by atoms with Gasteiger partial charge in [-0.1, -0.05) is 30.3 Å². The lowest BCUT2D eigenvalue weighted by atomic mass is 10.2. The van der Waals surface area contributed by atoms with Crippen molar-refractivity contribution in [1.29, 1.82) is 0 Å². The van der Waals surface area contributed by atoms with Crippen LogP contribution < -0.4 is 10.9 Å². The molecule has 1 fully saturated rings. The van der Waals surface area contributed by atoms with Crippen LogP contribution in [0, 0.1) is 5.82 Å². The number of halogens is 1. The molecule has 1 N–H and O–H groups in total. The number of nitrogens with zero attached hydrogens (tertiary/aromatic N) is 5. The Balaban J connectivity index is 1.32. The van der Waals surface area contributed by atoms with Crippen LogP contribution in [0.4, 0.5) is 4.39 Å². The van der Waals surface area contributed by atoms with Crippen LogP contribution >= 0.6 is 0 Å². The molecule has 0 saturated carbocycles. The summed E-state index contributed by atoms with van der Waals surface area (Å²) < 4.78 is 16.6. The first-order chi connectivity index (χ1) is 17.5. The number of piperazine rings is 1. The second kappa shape index (κ2) is 10.6. The average molecular weight is 491 g/mol. The molecule has 0 unspecified atom stereocenters. The predicted octanol–water partition coefficient (Wildman–Crippen LogP) is 2.29. The minimum absolute atomic E-state index is 0.138. The fraction of sp³-hybridized carbons (Fsp3) is 0.370. The highest BCUT2D eigenvalue weighted by Crippen LogP contribution is 2.27. The summed E-state index contributed by atoms with van der Waals surface area (Å²) in [6, 6.07) is 14.0. The van der Waals surface area contributed by atoms with Crippen molar-refractivity contribution in [2.75, 3.05) is 46.3 Å². The van der Waals surface area contributed by atoms with Crippen LogP contribution in [0.15, 0.2) is 59.5 Å². The Bertz CT molecular complexity index is 1420. The number of fused-ring (bicyclic) bond motifs is 3. The van der Waals surface area contributed by atoms with Gasteiger partial charge in [-0.2, -0.15) is 5.10 Å². The van der Waals surface area contributed by atoms with E-state index in [-0.39, 0.29) is 23.8 Å². The van der Waals surface area contributed by atoms with Crippen LogP contribution in [0.5, 0.6) is 0 Å². The molecule has 36 heavy (non-hydrogen) atoms. The molecule has 1 amide bonds. The van der Waals surface area contributed by atoms with E-state index in [2.05, 4.69) is 27.3 Å². The molecule has 9 heteroatoms. The maximum Gasteiger partial charge on any atom is 0.291 e. The smallest absolute Gasteiger partial charge is 0.291 e. The molecule has 3 heterocycles. The van der Waals surface area contributed by atoms with Crippen LogP contribution in [0.2, 0.25) is 0 Å². The highest BCUT2D eigenvalue weighted by molar-refractivity contribution is 6.07. The van der Waals surface area contributed by atoms with E-state index in [4.69, 9.17) is 0 Å². The van der Waals surface area contributed by atoms with Crippen LogP contribution in [-0.4, -0.2) is 76.4 Å². The molecule has 1 saturated heterocycles. The number of carbonyl (C=O) groups excluding carboxylic acids is 1. The first-order valence-electron chi connectivity index (χ1n) is 12.4. The number of carbonyl (C=O) groups is 1. The van der Waals surface area contributed by atoms with E-state index < -0.39 is 0 Å². The van der Waals surface area contributed by atoms with Gasteiger partial charge in [0, 0.05) is 55.6 Å². The van der Waals surface area contributed by atoms with Gasteiger partial charge in [-0.15, -0.1) is 0 Å². The van der Waals surface area contributed by atoms with Gasteiger partial charge in [-0.05, 0) is 43.8 Å². The van der Waals surface area contributed by atoms with E-state index in [0.29, 0.717) is 18.6 Å². The second-order valence-corrected chi connectivity index (χ2v) is 9.45. The molecule has 5 rings (SSSR count). The van der Waals surface area contributed by atoms with Gasteiger partial charge in [0.2, 0.25) is 5.91 Å². The van der Waals surface area contributed by atoms with E-state index in [1.807, 2.05) is 28.8 Å². The fourth-order valence-electron chi connectivity index (χ4n) is 4.84. The van der Waals surface area contributed by atoms with E-state index in [0.717, 1.165) is 61.0 Å². The molecular formula is C27H31FN6O2. The normalized spacial score (nSPS) is 15.1. The summed E-state index contributed by atoms with van der Waals surface area (Å²) in [5.41, 5.74) is 1.93. The lowest BCUT2D eigenvalue weighted by Gasteiger charge is -2.32. The maximum atomic E-state index is 13.5. The number of rotatable bonds is 8. The molecule has 0 aliphatic carbocycles. The minimum Gasteiger partial charge on any atom is -0.354 e. The molecule has 1 aliphatic heterocycles. The minimum atomic E-state index is -0.321. The van der Waals surface area contributed by atoms with Crippen LogP contribution in [0.3, 0.4) is 0 Å². The van der Waals surface area contributed by atoms with Crippen LogP contribution in [-0.2, 0) is 17.9 Å². The molecule has 2 aromatic heterocycles. The van der Waals surface area contributed by atoms with E-state index in [1.54, 1.807) is 18.3 Å². The van der Waals surface area contributed by atoms with E-state index in [9.17, 15) is 14.0 Å². The Morgan fingerprint density at radius 1 is 1.03 bits per heavy atom. The van der Waals surface area contributed by atoms with Crippen molar-refractivity contribution < 1.29 is 9.18 Å². The maximum absolute atomic E-state index is 13.5. The third kappa shape index (κ3) is 5.17. The lowest BCUT2D eigenvalue weighted by Crippen LogP contribution is -2.45. The molecular weight excluding hydrogens is 459 g/mol. The van der Waals surface area contributed by atoms with Crippen molar-refractivity contribution in [3.05, 3.63) is 76.5 Å². The standard InChI is InChI=1S/C27H31FN6O2/c1-31-13-15-32(16-14-31)12-4-11-29-25(35)19-34-27(36)26-23(17-30-34)22-5-2-3-6-24(22)33(26)18-20-7-9-21(28)10-8-20/h2-3,5-10,17H,4,11-16,18-19H2,1H3,(H,29,35). The molecule has 2 aromatic carbocycles. The van der Waals surface area contributed by atoms with Crippen molar-refractivity contribution in [3.63, 3.8) is 0 Å². The summed E-state index contributed by atoms with van der Waals surface area (Å²) in [4.78, 5) is 30.8. The summed E-state index contributed by atoms with van der Waals surface area (Å²) >= 11 is 0. The Kier molecular flexibility index (Phi) is 7.11. The van der Waals surface area contributed by atoms with Crippen molar-refractivity contribution in [3.8, 4) is 0 Å². The first-order valence-corrected chi connectivity index (χ1v) is 12.4. The number of hydrogen-bond acceptors (Lipinski definition) is 5. The van der Waals surface area contributed by atoms with Crippen LogP contribution in [0.1, 0.15) is 12.0 Å². The van der Waals surface area contributed by atoms with Crippen molar-refractivity contribution in [2.45, 2.75) is 19.5 Å². The molecule has 4 aromatic rings. The summed E-state index contributed by atoms with van der Waals surface area (Å²) in [6.07, 6.45) is 2.52. The Morgan fingerprint density at radius 2 is 1.78 bits per heavy atom. The Hall–Kier alpha value is -3.56. The SMILES string of the molecule is CN1CCN(CCCNC(=O)Cn2ncc3c4ccccc4n(Cc4ccc(F)cc4)c3c2=O)CC1. The van der Waals surface area contributed by atoms with Gasteiger partial charge in [0.15, 0.2) is 0 Å². The van der Waals surface area contributed by atoms with Gasteiger partial charge in [0.1, 0.15) is 17.9 Å². The molecule has 8 nitrogen and oxygen atoms in total. The van der Waals surface area contributed by atoms with Crippen molar-refractivity contribution in [1.82, 2.24) is 29.5 Å². The number of nitrogens with one attached hydrogen (secondary N) is 1. The summed E-state index contributed by atoms with van der Waals surface area (Å²) in [6.45, 7) is 6.02.